The van der Waals surface area contributed by atoms with Gasteiger partial charge < -0.3 is 9.88 Å². The van der Waals surface area contributed by atoms with Gasteiger partial charge in [-0.25, -0.2) is 4.98 Å². The number of hydrogen-bond acceptors (Lipinski definition) is 3. The second kappa shape index (κ2) is 7.93. The molecule has 0 fully saturated rings. The van der Waals surface area contributed by atoms with E-state index in [0.29, 0.717) is 5.11 Å². The number of rotatable bonds is 4. The van der Waals surface area contributed by atoms with E-state index in [1.165, 1.54) is 0 Å². The summed E-state index contributed by atoms with van der Waals surface area (Å²) < 4.78 is 1.96. The third-order valence-electron chi connectivity index (χ3n) is 4.13. The average molecular weight is 363 g/mol. The summed E-state index contributed by atoms with van der Waals surface area (Å²) in [7, 11) is 0. The Balaban J connectivity index is 1.65. The molecular formula is C20H21N5S. The number of nitrogens with one attached hydrogen (secondary N) is 2. The molecule has 0 radical (unpaired) electrons. The van der Waals surface area contributed by atoms with Gasteiger partial charge in [-0.05, 0) is 61.8 Å². The number of para-hydroxylation sites is 1. The second-order valence-electron chi connectivity index (χ2n) is 6.05. The molecule has 5 nitrogen and oxygen atoms in total. The number of nitrogens with zero attached hydrogens (tertiary/aromatic N) is 3. The molecule has 2 N–H and O–H groups in total. The van der Waals surface area contributed by atoms with Gasteiger partial charge in [-0.2, -0.15) is 5.10 Å². The van der Waals surface area contributed by atoms with E-state index in [-0.39, 0.29) is 0 Å². The minimum Gasteiger partial charge on any atom is -0.331 e. The Labute approximate surface area is 158 Å². The fourth-order valence-electron chi connectivity index (χ4n) is 2.64. The molecule has 0 aliphatic rings. The summed E-state index contributed by atoms with van der Waals surface area (Å²) in [5.74, 6) is 0. The van der Waals surface area contributed by atoms with Crippen molar-refractivity contribution in [1.29, 1.82) is 0 Å². The third-order valence-corrected chi connectivity index (χ3v) is 4.33. The molecule has 0 amide bonds. The van der Waals surface area contributed by atoms with Crippen molar-refractivity contribution in [3.63, 3.8) is 0 Å². The van der Waals surface area contributed by atoms with Crippen LogP contribution >= 0.6 is 12.2 Å². The van der Waals surface area contributed by atoms with E-state index in [4.69, 9.17) is 12.2 Å². The predicted octanol–water partition coefficient (Wildman–Crippen LogP) is 4.20. The van der Waals surface area contributed by atoms with E-state index in [2.05, 4.69) is 20.8 Å². The Morgan fingerprint density at radius 3 is 2.38 bits per heavy atom. The van der Waals surface area contributed by atoms with Crippen LogP contribution in [0.2, 0.25) is 0 Å². The van der Waals surface area contributed by atoms with Crippen LogP contribution in [0.3, 0.4) is 0 Å². The standard InChI is InChI=1S/C20H21N5S/c1-14-5-4-6-15(2)19(14)22-20(26)24-23-16(3)17-7-9-18(10-8-17)25-12-11-21-13-25/h4-13H,1-3H3,(H2,22,24,26). The summed E-state index contributed by atoms with van der Waals surface area (Å²) in [5.41, 5.74) is 9.16. The van der Waals surface area contributed by atoms with E-state index in [0.717, 1.165) is 33.8 Å². The topological polar surface area (TPSA) is 54.2 Å². The molecule has 1 aromatic heterocycles. The normalized spacial score (nSPS) is 11.3. The monoisotopic (exact) mass is 363 g/mol. The minimum absolute atomic E-state index is 0.469. The van der Waals surface area contributed by atoms with Gasteiger partial charge in [0, 0.05) is 23.8 Å². The zero-order valence-electron chi connectivity index (χ0n) is 15.0. The minimum atomic E-state index is 0.469. The number of hydrogen-bond donors (Lipinski definition) is 2. The molecule has 132 valence electrons. The van der Waals surface area contributed by atoms with Crippen LogP contribution in [0.25, 0.3) is 5.69 Å². The first-order valence-electron chi connectivity index (χ1n) is 8.31. The van der Waals surface area contributed by atoms with Crippen molar-refractivity contribution in [2.24, 2.45) is 5.10 Å². The first-order valence-corrected chi connectivity index (χ1v) is 8.71. The van der Waals surface area contributed by atoms with Gasteiger partial charge in [0.2, 0.25) is 0 Å². The molecule has 0 atom stereocenters. The molecule has 3 aromatic rings. The first-order chi connectivity index (χ1) is 12.5. The van der Waals surface area contributed by atoms with Crippen molar-refractivity contribution in [2.45, 2.75) is 20.8 Å². The maximum Gasteiger partial charge on any atom is 0.191 e. The second-order valence-corrected chi connectivity index (χ2v) is 6.46. The number of anilines is 1. The van der Waals surface area contributed by atoms with Gasteiger partial charge in [0.15, 0.2) is 5.11 Å². The summed E-state index contributed by atoms with van der Waals surface area (Å²) in [5, 5.41) is 8.07. The highest BCUT2D eigenvalue weighted by Gasteiger charge is 2.04. The zero-order chi connectivity index (χ0) is 18.5. The molecule has 0 aliphatic carbocycles. The van der Waals surface area contributed by atoms with Crippen LogP contribution in [-0.4, -0.2) is 20.4 Å². The van der Waals surface area contributed by atoms with Gasteiger partial charge in [-0.15, -0.1) is 0 Å². The van der Waals surface area contributed by atoms with Crippen LogP contribution in [-0.2, 0) is 0 Å². The Morgan fingerprint density at radius 2 is 1.77 bits per heavy atom. The number of thiocarbonyl (C=S) groups is 1. The quantitative estimate of drug-likeness (QED) is 0.414. The molecule has 0 unspecified atom stereocenters. The van der Waals surface area contributed by atoms with Crippen LogP contribution in [0.1, 0.15) is 23.6 Å². The van der Waals surface area contributed by atoms with E-state index >= 15 is 0 Å². The molecule has 6 heteroatoms. The molecule has 26 heavy (non-hydrogen) atoms. The van der Waals surface area contributed by atoms with Crippen LogP contribution in [0, 0.1) is 13.8 Å². The van der Waals surface area contributed by atoms with E-state index in [1.807, 2.05) is 74.0 Å². The van der Waals surface area contributed by atoms with E-state index < -0.39 is 0 Å². The lowest BCUT2D eigenvalue weighted by Gasteiger charge is -2.13. The predicted molar refractivity (Wildman–Crippen MR) is 111 cm³/mol. The molecule has 0 spiro atoms. The van der Waals surface area contributed by atoms with Crippen molar-refractivity contribution in [1.82, 2.24) is 15.0 Å². The summed E-state index contributed by atoms with van der Waals surface area (Å²) >= 11 is 5.36. The van der Waals surface area contributed by atoms with Gasteiger partial charge >= 0.3 is 0 Å². The Bertz CT molecular complexity index is 907. The van der Waals surface area contributed by atoms with Gasteiger partial charge in [-0.3, -0.25) is 5.43 Å². The zero-order valence-corrected chi connectivity index (χ0v) is 15.8. The van der Waals surface area contributed by atoms with Crippen molar-refractivity contribution < 1.29 is 0 Å². The largest absolute Gasteiger partial charge is 0.331 e. The maximum atomic E-state index is 5.36. The van der Waals surface area contributed by atoms with E-state index in [1.54, 1.807) is 12.5 Å². The lowest BCUT2D eigenvalue weighted by Crippen LogP contribution is -2.25. The Morgan fingerprint density at radius 1 is 1.08 bits per heavy atom. The lowest BCUT2D eigenvalue weighted by atomic mass is 10.1. The fraction of sp³-hybridized carbons (Fsp3) is 0.150. The van der Waals surface area contributed by atoms with Crippen LogP contribution in [0.15, 0.2) is 66.3 Å². The van der Waals surface area contributed by atoms with Crippen LogP contribution in [0.4, 0.5) is 5.69 Å². The van der Waals surface area contributed by atoms with Gasteiger partial charge in [0.25, 0.3) is 0 Å². The number of imidazole rings is 1. The molecule has 0 saturated heterocycles. The molecule has 1 heterocycles. The van der Waals surface area contributed by atoms with Crippen molar-refractivity contribution in [3.05, 3.63) is 77.9 Å². The third kappa shape index (κ3) is 4.15. The molecule has 2 aromatic carbocycles. The fourth-order valence-corrected chi connectivity index (χ4v) is 2.79. The van der Waals surface area contributed by atoms with Crippen molar-refractivity contribution in [3.8, 4) is 5.69 Å². The summed E-state index contributed by atoms with van der Waals surface area (Å²) in [4.78, 5) is 4.06. The SMILES string of the molecule is CC(=NNC(=S)Nc1c(C)cccc1C)c1ccc(-n2ccnc2)cc1. The maximum absolute atomic E-state index is 5.36. The molecule has 0 bridgehead atoms. The van der Waals surface area contributed by atoms with Crippen molar-refractivity contribution >= 4 is 28.7 Å². The first kappa shape index (κ1) is 17.8. The van der Waals surface area contributed by atoms with Crippen LogP contribution in [0.5, 0.6) is 0 Å². The Kier molecular flexibility index (Phi) is 5.43. The Hall–Kier alpha value is -2.99. The highest BCUT2D eigenvalue weighted by molar-refractivity contribution is 7.80. The van der Waals surface area contributed by atoms with Crippen molar-refractivity contribution in [2.75, 3.05) is 5.32 Å². The van der Waals surface area contributed by atoms with E-state index in [9.17, 15) is 0 Å². The average Bonchev–Trinajstić information content (AvgIpc) is 3.18. The highest BCUT2D eigenvalue weighted by atomic mass is 32.1. The molecule has 0 aliphatic heterocycles. The molecule has 0 saturated carbocycles. The number of aryl methyl sites for hydroxylation is 2. The lowest BCUT2D eigenvalue weighted by molar-refractivity contribution is 1.03. The summed E-state index contributed by atoms with van der Waals surface area (Å²) in [6.45, 7) is 6.05. The van der Waals surface area contributed by atoms with Gasteiger partial charge in [0.05, 0.1) is 12.0 Å². The number of aromatic nitrogens is 2. The van der Waals surface area contributed by atoms with Gasteiger partial charge in [0.1, 0.15) is 0 Å². The molecule has 3 rings (SSSR count). The summed E-state index contributed by atoms with van der Waals surface area (Å²) in [6.07, 6.45) is 5.44. The summed E-state index contributed by atoms with van der Waals surface area (Å²) in [6, 6.07) is 14.2. The van der Waals surface area contributed by atoms with Crippen LogP contribution < -0.4 is 10.7 Å². The van der Waals surface area contributed by atoms with Gasteiger partial charge in [-0.1, -0.05) is 30.3 Å². The highest BCUT2D eigenvalue weighted by Crippen LogP contribution is 2.19. The number of hydrazone groups is 1. The smallest absolute Gasteiger partial charge is 0.191 e. The number of benzene rings is 2. The molecular weight excluding hydrogens is 342 g/mol.